The number of nitrogens with one attached hydrogen (secondary N) is 1. The number of amides is 1. The maximum atomic E-state index is 12.6. The van der Waals surface area contributed by atoms with Crippen LogP contribution in [-0.4, -0.2) is 41.0 Å². The molecule has 0 radical (unpaired) electrons. The van der Waals surface area contributed by atoms with Crippen LogP contribution in [0.2, 0.25) is 0 Å². The van der Waals surface area contributed by atoms with Crippen LogP contribution in [0.1, 0.15) is 48.5 Å². The van der Waals surface area contributed by atoms with Crippen molar-refractivity contribution in [2.45, 2.75) is 45.6 Å². The van der Waals surface area contributed by atoms with Crippen molar-refractivity contribution < 1.29 is 4.79 Å². The summed E-state index contributed by atoms with van der Waals surface area (Å²) in [6, 6.07) is 4.06. The molecule has 6 heteroatoms. The highest BCUT2D eigenvalue weighted by atomic mass is 32.1. The Bertz CT molecular complexity index is 685. The number of aryl methyl sites for hydroxylation is 1. The van der Waals surface area contributed by atoms with Crippen molar-refractivity contribution in [3.8, 4) is 9.88 Å². The summed E-state index contributed by atoms with van der Waals surface area (Å²) in [7, 11) is 0. The van der Waals surface area contributed by atoms with Crippen LogP contribution in [-0.2, 0) is 0 Å². The highest BCUT2D eigenvalue weighted by Gasteiger charge is 2.29. The number of likely N-dealkylation sites (tertiary alicyclic amines) is 1. The Morgan fingerprint density at radius 2 is 2.08 bits per heavy atom. The lowest BCUT2D eigenvalue weighted by molar-refractivity contribution is 0.0799. The van der Waals surface area contributed by atoms with E-state index in [1.54, 1.807) is 11.3 Å². The largest absolute Gasteiger partial charge is 0.349 e. The average Bonchev–Trinajstić information content (AvgIpc) is 3.23. The fourth-order valence-corrected chi connectivity index (χ4v) is 4.88. The summed E-state index contributed by atoms with van der Waals surface area (Å²) in [5.74, 6) is -0.00195. The van der Waals surface area contributed by atoms with E-state index in [0.717, 1.165) is 33.5 Å². The number of rotatable bonds is 5. The average molecular weight is 364 g/mol. The Kier molecular flexibility index (Phi) is 5.37. The topological polar surface area (TPSA) is 45.2 Å². The lowest BCUT2D eigenvalue weighted by Crippen LogP contribution is -2.53. The van der Waals surface area contributed by atoms with Crippen LogP contribution in [0.5, 0.6) is 0 Å². The van der Waals surface area contributed by atoms with Crippen molar-refractivity contribution in [2.24, 2.45) is 0 Å². The number of piperidine rings is 1. The van der Waals surface area contributed by atoms with Crippen molar-refractivity contribution in [1.29, 1.82) is 0 Å². The molecule has 0 bridgehead atoms. The molecule has 24 heavy (non-hydrogen) atoms. The number of nitrogens with zero attached hydrogens (tertiary/aromatic N) is 2. The highest BCUT2D eigenvalue weighted by molar-refractivity contribution is 7.22. The molecule has 130 valence electrons. The van der Waals surface area contributed by atoms with Crippen LogP contribution in [0.3, 0.4) is 0 Å². The van der Waals surface area contributed by atoms with E-state index in [4.69, 9.17) is 0 Å². The first-order valence-corrected chi connectivity index (χ1v) is 10.2. The minimum absolute atomic E-state index is 0.00195. The van der Waals surface area contributed by atoms with Crippen molar-refractivity contribution in [3.05, 3.63) is 28.1 Å². The molecule has 3 heterocycles. The van der Waals surface area contributed by atoms with E-state index in [0.29, 0.717) is 6.54 Å². The molecule has 0 aromatic carbocycles. The number of hydrogen-bond acceptors (Lipinski definition) is 5. The van der Waals surface area contributed by atoms with Gasteiger partial charge in [-0.1, -0.05) is 12.5 Å². The summed E-state index contributed by atoms with van der Waals surface area (Å²) in [5.41, 5.74) is 0.808. The van der Waals surface area contributed by atoms with Gasteiger partial charge >= 0.3 is 0 Å². The van der Waals surface area contributed by atoms with Crippen molar-refractivity contribution in [1.82, 2.24) is 15.2 Å². The Morgan fingerprint density at radius 3 is 2.75 bits per heavy atom. The van der Waals surface area contributed by atoms with Gasteiger partial charge in [0.15, 0.2) is 0 Å². The van der Waals surface area contributed by atoms with Crippen LogP contribution >= 0.6 is 22.7 Å². The summed E-state index contributed by atoms with van der Waals surface area (Å²) in [5, 5.41) is 6.10. The van der Waals surface area contributed by atoms with Crippen molar-refractivity contribution in [2.75, 3.05) is 19.6 Å². The Balaban J connectivity index is 1.64. The Morgan fingerprint density at radius 1 is 1.33 bits per heavy atom. The highest BCUT2D eigenvalue weighted by Crippen LogP contribution is 2.31. The zero-order chi connectivity index (χ0) is 17.2. The second-order valence-electron chi connectivity index (χ2n) is 6.95. The molecule has 2 aromatic heterocycles. The first-order chi connectivity index (χ1) is 11.5. The van der Waals surface area contributed by atoms with Gasteiger partial charge in [-0.2, -0.15) is 0 Å². The van der Waals surface area contributed by atoms with E-state index < -0.39 is 0 Å². The van der Waals surface area contributed by atoms with E-state index >= 15 is 0 Å². The van der Waals surface area contributed by atoms with E-state index in [1.165, 1.54) is 30.6 Å². The normalized spacial score (nSPS) is 16.3. The molecule has 1 saturated heterocycles. The predicted molar refractivity (Wildman–Crippen MR) is 102 cm³/mol. The van der Waals surface area contributed by atoms with Gasteiger partial charge in [0, 0.05) is 12.1 Å². The smallest absolute Gasteiger partial charge is 0.263 e. The lowest BCUT2D eigenvalue weighted by atomic mass is 9.98. The number of thiazole rings is 1. The van der Waals surface area contributed by atoms with Gasteiger partial charge in [0.2, 0.25) is 0 Å². The fourth-order valence-electron chi connectivity index (χ4n) is 3.10. The second-order valence-corrected chi connectivity index (χ2v) is 8.90. The third kappa shape index (κ3) is 3.87. The van der Waals surface area contributed by atoms with Crippen LogP contribution in [0.4, 0.5) is 0 Å². The molecule has 2 aromatic rings. The number of thiophene rings is 1. The maximum absolute atomic E-state index is 12.6. The van der Waals surface area contributed by atoms with Gasteiger partial charge in [0.25, 0.3) is 5.91 Å². The van der Waals surface area contributed by atoms with E-state index in [-0.39, 0.29) is 11.4 Å². The van der Waals surface area contributed by atoms with E-state index in [9.17, 15) is 4.79 Å². The van der Waals surface area contributed by atoms with E-state index in [1.807, 2.05) is 24.4 Å². The van der Waals surface area contributed by atoms with Crippen molar-refractivity contribution >= 4 is 28.6 Å². The van der Waals surface area contributed by atoms with Crippen LogP contribution in [0, 0.1) is 6.92 Å². The molecule has 1 N–H and O–H groups in total. The van der Waals surface area contributed by atoms with Crippen LogP contribution < -0.4 is 5.32 Å². The Labute approximate surface area is 151 Å². The molecule has 0 atom stereocenters. The molecule has 4 nitrogen and oxygen atoms in total. The van der Waals surface area contributed by atoms with E-state index in [2.05, 4.69) is 29.0 Å². The van der Waals surface area contributed by atoms with Crippen molar-refractivity contribution in [3.63, 3.8) is 0 Å². The summed E-state index contributed by atoms with van der Waals surface area (Å²) in [6.45, 7) is 9.27. The van der Waals surface area contributed by atoms with Gasteiger partial charge in [0.1, 0.15) is 9.88 Å². The minimum atomic E-state index is -0.00868. The lowest BCUT2D eigenvalue weighted by Gasteiger charge is -2.41. The maximum Gasteiger partial charge on any atom is 0.263 e. The standard InChI is InChI=1S/C18H25N3OS2/c1-13-15(24-17(20-13)14-8-7-11-23-14)16(22)19-12-18(2,3)21-9-5-4-6-10-21/h7-8,11H,4-6,9-10,12H2,1-3H3,(H,19,22). The van der Waals surface area contributed by atoms with Crippen LogP contribution in [0.15, 0.2) is 17.5 Å². The molecule has 1 aliphatic heterocycles. The van der Waals surface area contributed by atoms with Gasteiger partial charge < -0.3 is 5.32 Å². The summed E-state index contributed by atoms with van der Waals surface area (Å²) in [6.07, 6.45) is 3.84. The molecule has 0 unspecified atom stereocenters. The van der Waals surface area contributed by atoms with Gasteiger partial charge in [-0.25, -0.2) is 4.98 Å². The first-order valence-electron chi connectivity index (χ1n) is 8.52. The molecule has 0 aliphatic carbocycles. The molecule has 0 saturated carbocycles. The molecule has 1 aliphatic rings. The monoisotopic (exact) mass is 363 g/mol. The fraction of sp³-hybridized carbons (Fsp3) is 0.556. The quantitative estimate of drug-likeness (QED) is 0.867. The molecular weight excluding hydrogens is 338 g/mol. The third-order valence-electron chi connectivity index (χ3n) is 4.63. The second kappa shape index (κ2) is 7.33. The minimum Gasteiger partial charge on any atom is -0.349 e. The third-order valence-corrected chi connectivity index (χ3v) is 6.82. The molecule has 1 amide bonds. The van der Waals surface area contributed by atoms with Gasteiger partial charge in [-0.15, -0.1) is 22.7 Å². The van der Waals surface area contributed by atoms with Gasteiger partial charge in [-0.3, -0.25) is 9.69 Å². The zero-order valence-electron chi connectivity index (χ0n) is 14.6. The molecule has 1 fully saturated rings. The number of carbonyl (C=O) groups excluding carboxylic acids is 1. The summed E-state index contributed by atoms with van der Waals surface area (Å²) >= 11 is 3.14. The first kappa shape index (κ1) is 17.6. The Hall–Kier alpha value is -1.24. The molecule has 0 spiro atoms. The number of carbonyl (C=O) groups is 1. The van der Waals surface area contributed by atoms with Gasteiger partial charge in [-0.05, 0) is 58.1 Å². The van der Waals surface area contributed by atoms with Crippen LogP contribution in [0.25, 0.3) is 9.88 Å². The molecule has 3 rings (SSSR count). The number of aromatic nitrogens is 1. The summed E-state index contributed by atoms with van der Waals surface area (Å²) in [4.78, 5) is 21.5. The predicted octanol–water partition coefficient (Wildman–Crippen LogP) is 4.17. The SMILES string of the molecule is Cc1nc(-c2cccs2)sc1C(=O)NCC(C)(C)N1CCCCC1. The molecular formula is C18H25N3OS2. The number of hydrogen-bond donors (Lipinski definition) is 1. The summed E-state index contributed by atoms with van der Waals surface area (Å²) < 4.78 is 0. The van der Waals surface area contributed by atoms with Gasteiger partial charge in [0.05, 0.1) is 10.6 Å². The zero-order valence-corrected chi connectivity index (χ0v) is 16.2.